The second kappa shape index (κ2) is 9.19. The summed E-state index contributed by atoms with van der Waals surface area (Å²) in [6.07, 6.45) is 1.81. The van der Waals surface area contributed by atoms with Gasteiger partial charge in [-0.25, -0.2) is 4.79 Å². The van der Waals surface area contributed by atoms with Crippen molar-refractivity contribution in [3.63, 3.8) is 0 Å². The molecule has 1 aliphatic heterocycles. The van der Waals surface area contributed by atoms with Crippen LogP contribution < -0.4 is 5.56 Å². The molecular weight excluding hydrogens is 498 g/mol. The van der Waals surface area contributed by atoms with E-state index < -0.39 is 17.6 Å². The van der Waals surface area contributed by atoms with E-state index in [0.717, 1.165) is 10.0 Å². The van der Waals surface area contributed by atoms with E-state index in [2.05, 4.69) is 15.9 Å². The van der Waals surface area contributed by atoms with Crippen molar-refractivity contribution in [1.29, 1.82) is 0 Å². The normalized spacial score (nSPS) is 13.7. The van der Waals surface area contributed by atoms with Gasteiger partial charge in [-0.1, -0.05) is 76.6 Å². The molecule has 0 bridgehead atoms. The molecule has 1 atom stereocenters. The van der Waals surface area contributed by atoms with Crippen molar-refractivity contribution in [2.45, 2.75) is 12.5 Å². The Morgan fingerprint density at radius 1 is 1.00 bits per heavy atom. The summed E-state index contributed by atoms with van der Waals surface area (Å²) in [6.45, 7) is 0.0177. The van der Waals surface area contributed by atoms with Gasteiger partial charge in [-0.05, 0) is 34.7 Å². The SMILES string of the molecule is O=C(O)c1c(-c2ccccc2)c2cc(Br)ccc2c(=O)n1C(Cc1ccccc1)C1=COCO1. The number of aromatic nitrogens is 1. The van der Waals surface area contributed by atoms with E-state index in [4.69, 9.17) is 9.47 Å². The zero-order valence-corrected chi connectivity index (χ0v) is 19.6. The number of benzene rings is 3. The maximum atomic E-state index is 13.9. The van der Waals surface area contributed by atoms with Crippen LogP contribution in [0.3, 0.4) is 0 Å². The fourth-order valence-corrected chi connectivity index (χ4v) is 4.74. The number of hydrogen-bond acceptors (Lipinski definition) is 4. The number of carboxylic acids is 1. The molecule has 0 aliphatic carbocycles. The highest BCUT2D eigenvalue weighted by Gasteiger charge is 2.31. The number of carboxylic acid groups (broad SMARTS) is 1. The molecule has 1 unspecified atom stereocenters. The van der Waals surface area contributed by atoms with Crippen LogP contribution in [0.25, 0.3) is 21.9 Å². The molecule has 170 valence electrons. The van der Waals surface area contributed by atoms with Crippen LogP contribution in [0.15, 0.2) is 100 Å². The quantitative estimate of drug-likeness (QED) is 0.351. The molecule has 5 rings (SSSR count). The topological polar surface area (TPSA) is 77.8 Å². The van der Waals surface area contributed by atoms with Crippen molar-refractivity contribution in [1.82, 2.24) is 4.57 Å². The van der Waals surface area contributed by atoms with E-state index in [1.54, 1.807) is 18.2 Å². The van der Waals surface area contributed by atoms with Gasteiger partial charge in [0.25, 0.3) is 5.56 Å². The van der Waals surface area contributed by atoms with E-state index >= 15 is 0 Å². The zero-order chi connectivity index (χ0) is 23.7. The highest BCUT2D eigenvalue weighted by atomic mass is 79.9. The van der Waals surface area contributed by atoms with Gasteiger partial charge in [0.05, 0.1) is 0 Å². The van der Waals surface area contributed by atoms with Crippen LogP contribution in [0.1, 0.15) is 22.1 Å². The van der Waals surface area contributed by atoms with Crippen LogP contribution in [0.5, 0.6) is 0 Å². The summed E-state index contributed by atoms with van der Waals surface area (Å²) >= 11 is 3.47. The number of fused-ring (bicyclic) bond motifs is 1. The fraction of sp³-hybridized carbons (Fsp3) is 0.111. The molecule has 6 nitrogen and oxygen atoms in total. The fourth-order valence-electron chi connectivity index (χ4n) is 4.38. The monoisotopic (exact) mass is 517 g/mol. The van der Waals surface area contributed by atoms with Crippen LogP contribution in [0.4, 0.5) is 0 Å². The van der Waals surface area contributed by atoms with Gasteiger partial charge in [0.2, 0.25) is 6.79 Å². The molecule has 2 heterocycles. The molecule has 34 heavy (non-hydrogen) atoms. The Morgan fingerprint density at radius 2 is 1.71 bits per heavy atom. The maximum Gasteiger partial charge on any atom is 0.353 e. The summed E-state index contributed by atoms with van der Waals surface area (Å²) in [7, 11) is 0. The smallest absolute Gasteiger partial charge is 0.353 e. The Labute approximate surface area is 203 Å². The third-order valence-corrected chi connectivity index (χ3v) is 6.34. The average Bonchev–Trinajstić information content (AvgIpc) is 3.38. The van der Waals surface area contributed by atoms with Gasteiger partial charge in [-0.2, -0.15) is 0 Å². The second-order valence-corrected chi connectivity index (χ2v) is 8.83. The van der Waals surface area contributed by atoms with Gasteiger partial charge in [-0.3, -0.25) is 9.36 Å². The van der Waals surface area contributed by atoms with Crippen LogP contribution in [0.2, 0.25) is 0 Å². The van der Waals surface area contributed by atoms with E-state index in [9.17, 15) is 14.7 Å². The Hall–Kier alpha value is -3.84. The van der Waals surface area contributed by atoms with E-state index in [1.807, 2.05) is 60.7 Å². The zero-order valence-electron chi connectivity index (χ0n) is 18.0. The van der Waals surface area contributed by atoms with Gasteiger partial charge in [0, 0.05) is 21.8 Å². The summed E-state index contributed by atoms with van der Waals surface area (Å²) in [5, 5.41) is 11.4. The lowest BCUT2D eigenvalue weighted by Crippen LogP contribution is -2.33. The lowest BCUT2D eigenvalue weighted by atomic mass is 9.95. The van der Waals surface area contributed by atoms with Crippen LogP contribution >= 0.6 is 15.9 Å². The summed E-state index contributed by atoms with van der Waals surface area (Å²) < 4.78 is 13.1. The Morgan fingerprint density at radius 3 is 2.35 bits per heavy atom. The number of allylic oxidation sites excluding steroid dienone is 1. The molecular formula is C27H20BrNO5. The van der Waals surface area contributed by atoms with Crippen molar-refractivity contribution in [3.8, 4) is 11.1 Å². The standard InChI is InChI=1S/C27H20BrNO5/c28-19-11-12-20-21(14-19)24(18-9-5-2-6-10-18)25(27(31)32)29(26(20)30)22(23-15-33-16-34-23)13-17-7-3-1-4-8-17/h1-12,14-15,22H,13,16H2,(H,31,32). The molecule has 4 aromatic rings. The number of nitrogens with zero attached hydrogens (tertiary/aromatic N) is 1. The largest absolute Gasteiger partial charge is 0.477 e. The van der Waals surface area contributed by atoms with Gasteiger partial charge >= 0.3 is 5.97 Å². The lowest BCUT2D eigenvalue weighted by Gasteiger charge is -2.25. The first-order chi connectivity index (χ1) is 16.5. The highest BCUT2D eigenvalue weighted by molar-refractivity contribution is 9.10. The van der Waals surface area contributed by atoms with Gasteiger partial charge in [-0.15, -0.1) is 0 Å². The summed E-state index contributed by atoms with van der Waals surface area (Å²) in [5.74, 6) is -0.792. The molecule has 3 aromatic carbocycles. The van der Waals surface area contributed by atoms with E-state index in [1.165, 1.54) is 10.8 Å². The molecule has 7 heteroatoms. The van der Waals surface area contributed by atoms with Gasteiger partial charge in [0.15, 0.2) is 5.76 Å². The summed E-state index contributed by atoms with van der Waals surface area (Å²) in [4.78, 5) is 26.7. The van der Waals surface area contributed by atoms with Crippen molar-refractivity contribution in [2.24, 2.45) is 0 Å². The minimum Gasteiger partial charge on any atom is -0.477 e. The third-order valence-electron chi connectivity index (χ3n) is 5.85. The Balaban J connectivity index is 1.88. The number of ether oxygens (including phenoxy) is 2. The molecule has 0 spiro atoms. The molecule has 1 aromatic heterocycles. The maximum absolute atomic E-state index is 13.9. The number of rotatable bonds is 6. The molecule has 0 saturated heterocycles. The van der Waals surface area contributed by atoms with Gasteiger partial charge in [0.1, 0.15) is 18.0 Å². The Kier molecular flexibility index (Phi) is 5.94. The van der Waals surface area contributed by atoms with Crippen molar-refractivity contribution in [2.75, 3.05) is 6.79 Å². The summed E-state index contributed by atoms with van der Waals surface area (Å²) in [6, 6.07) is 23.4. The number of pyridine rings is 1. The molecule has 0 radical (unpaired) electrons. The number of aromatic carboxylic acids is 1. The van der Waals surface area contributed by atoms with Crippen LogP contribution in [-0.2, 0) is 15.9 Å². The first kappa shape index (κ1) is 22.0. The lowest BCUT2D eigenvalue weighted by molar-refractivity contribution is 0.0656. The molecule has 0 saturated carbocycles. The summed E-state index contributed by atoms with van der Waals surface area (Å²) in [5.41, 5.74) is 1.61. The van der Waals surface area contributed by atoms with Crippen molar-refractivity contribution < 1.29 is 19.4 Å². The third kappa shape index (κ3) is 3.99. The van der Waals surface area contributed by atoms with Gasteiger partial charge < -0.3 is 14.6 Å². The number of halogens is 1. The molecule has 1 N–H and O–H groups in total. The number of hydrogen-bond donors (Lipinski definition) is 1. The molecule has 0 fully saturated rings. The predicted molar refractivity (Wildman–Crippen MR) is 133 cm³/mol. The second-order valence-electron chi connectivity index (χ2n) is 7.91. The predicted octanol–water partition coefficient (Wildman–Crippen LogP) is 5.76. The minimum atomic E-state index is -1.20. The first-order valence-corrected chi connectivity index (χ1v) is 11.5. The van der Waals surface area contributed by atoms with Crippen molar-refractivity contribution in [3.05, 3.63) is 117 Å². The van der Waals surface area contributed by atoms with E-state index in [0.29, 0.717) is 34.1 Å². The van der Waals surface area contributed by atoms with Crippen LogP contribution in [-0.4, -0.2) is 22.4 Å². The molecule has 0 amide bonds. The Bertz CT molecular complexity index is 1460. The highest BCUT2D eigenvalue weighted by Crippen LogP contribution is 2.36. The average molecular weight is 518 g/mol. The van der Waals surface area contributed by atoms with Crippen LogP contribution in [0, 0.1) is 0 Å². The van der Waals surface area contributed by atoms with Crippen molar-refractivity contribution >= 4 is 32.7 Å². The minimum absolute atomic E-state index is 0.0177. The molecule has 1 aliphatic rings. The van der Waals surface area contributed by atoms with E-state index in [-0.39, 0.29) is 12.5 Å². The number of carbonyl (C=O) groups is 1. The first-order valence-electron chi connectivity index (χ1n) is 10.7.